The van der Waals surface area contributed by atoms with Gasteiger partial charge in [0.2, 0.25) is 0 Å². The summed E-state index contributed by atoms with van der Waals surface area (Å²) in [5, 5.41) is 11.1. The molecule has 1 aromatic rings. The lowest BCUT2D eigenvalue weighted by atomic mass is 10.3. The molecule has 1 heterocycles. The maximum absolute atomic E-state index is 10.9. The highest BCUT2D eigenvalue weighted by molar-refractivity contribution is 5.29. The van der Waals surface area contributed by atoms with E-state index in [1.165, 1.54) is 4.68 Å². The molecular formula is C6H7N3O. The lowest BCUT2D eigenvalue weighted by Crippen LogP contribution is -2.13. The first-order valence-electron chi connectivity index (χ1n) is 2.82. The van der Waals surface area contributed by atoms with E-state index in [-0.39, 0.29) is 11.1 Å². The lowest BCUT2D eigenvalue weighted by Gasteiger charge is -1.82. The average Bonchev–Trinajstić information content (AvgIpc) is 2.09. The Balaban J connectivity index is 3.53. The molecule has 4 heteroatoms. The van der Waals surface area contributed by atoms with Crippen LogP contribution in [-0.2, 0) is 7.05 Å². The van der Waals surface area contributed by atoms with Gasteiger partial charge < -0.3 is 0 Å². The number of aryl methyl sites for hydroxylation is 2. The van der Waals surface area contributed by atoms with Gasteiger partial charge in [-0.25, -0.2) is 0 Å². The van der Waals surface area contributed by atoms with E-state index in [0.717, 1.165) is 0 Å². The van der Waals surface area contributed by atoms with Crippen LogP contribution in [0.1, 0.15) is 11.3 Å². The molecule has 0 spiro atoms. The lowest BCUT2D eigenvalue weighted by molar-refractivity contribution is 0.730. The van der Waals surface area contributed by atoms with E-state index in [1.54, 1.807) is 14.0 Å². The predicted octanol–water partition coefficient (Wildman–Crippen LogP) is -0.107. The number of H-pyrrole nitrogens is 1. The van der Waals surface area contributed by atoms with Crippen LogP contribution in [0.25, 0.3) is 0 Å². The van der Waals surface area contributed by atoms with Crippen molar-refractivity contribution >= 4 is 0 Å². The summed E-state index contributed by atoms with van der Waals surface area (Å²) in [6.07, 6.45) is 0. The van der Waals surface area contributed by atoms with E-state index >= 15 is 0 Å². The van der Waals surface area contributed by atoms with Crippen molar-refractivity contribution in [2.24, 2.45) is 7.05 Å². The first kappa shape index (κ1) is 6.62. The van der Waals surface area contributed by atoms with E-state index in [1.807, 2.05) is 6.07 Å². The molecular weight excluding hydrogens is 130 g/mol. The van der Waals surface area contributed by atoms with Gasteiger partial charge in [-0.1, -0.05) is 0 Å². The van der Waals surface area contributed by atoms with Crippen molar-refractivity contribution in [3.05, 3.63) is 21.6 Å². The molecule has 0 aromatic carbocycles. The fraction of sp³-hybridized carbons (Fsp3) is 0.333. The third-order valence-corrected chi connectivity index (χ3v) is 1.34. The molecule has 10 heavy (non-hydrogen) atoms. The topological polar surface area (TPSA) is 61.6 Å². The van der Waals surface area contributed by atoms with Crippen molar-refractivity contribution in [3.8, 4) is 6.07 Å². The van der Waals surface area contributed by atoms with Gasteiger partial charge >= 0.3 is 0 Å². The fourth-order valence-corrected chi connectivity index (χ4v) is 0.818. The van der Waals surface area contributed by atoms with E-state index in [0.29, 0.717) is 5.69 Å². The summed E-state index contributed by atoms with van der Waals surface area (Å²) in [6, 6.07) is 1.82. The molecule has 0 radical (unpaired) electrons. The van der Waals surface area contributed by atoms with Crippen LogP contribution in [-0.4, -0.2) is 9.78 Å². The summed E-state index contributed by atoms with van der Waals surface area (Å²) in [7, 11) is 1.58. The Morgan fingerprint density at radius 2 is 2.30 bits per heavy atom. The highest BCUT2D eigenvalue weighted by Gasteiger charge is 2.05. The Labute approximate surface area is 57.7 Å². The second kappa shape index (κ2) is 2.03. The number of nitriles is 1. The highest BCUT2D eigenvalue weighted by atomic mass is 16.1. The monoisotopic (exact) mass is 137 g/mol. The molecule has 1 N–H and O–H groups in total. The summed E-state index contributed by atoms with van der Waals surface area (Å²) in [5.41, 5.74) is 0.553. The number of nitrogens with one attached hydrogen (secondary N) is 1. The molecule has 0 unspecified atom stereocenters. The van der Waals surface area contributed by atoms with Crippen molar-refractivity contribution in [3.63, 3.8) is 0 Å². The van der Waals surface area contributed by atoms with Gasteiger partial charge in [0.15, 0.2) is 0 Å². The van der Waals surface area contributed by atoms with Gasteiger partial charge in [0.1, 0.15) is 11.6 Å². The summed E-state index contributed by atoms with van der Waals surface area (Å²) < 4.78 is 1.29. The Kier molecular flexibility index (Phi) is 1.34. The minimum atomic E-state index is -0.264. The molecule has 0 saturated carbocycles. The van der Waals surface area contributed by atoms with Crippen LogP contribution < -0.4 is 5.56 Å². The van der Waals surface area contributed by atoms with Crippen molar-refractivity contribution in [2.45, 2.75) is 6.92 Å². The Morgan fingerprint density at radius 3 is 2.50 bits per heavy atom. The number of hydrogen-bond donors (Lipinski definition) is 1. The number of rotatable bonds is 0. The van der Waals surface area contributed by atoms with Gasteiger partial charge in [0.25, 0.3) is 5.56 Å². The van der Waals surface area contributed by atoms with Crippen molar-refractivity contribution in [1.29, 1.82) is 5.26 Å². The standard InChI is InChI=1S/C6H7N3O/c1-4-5(3-7)6(10)9(2)8-4/h8H,1-2H3. The Hall–Kier alpha value is -1.50. The predicted molar refractivity (Wildman–Crippen MR) is 35.5 cm³/mol. The zero-order valence-corrected chi connectivity index (χ0v) is 5.80. The maximum atomic E-state index is 10.9. The number of hydrogen-bond acceptors (Lipinski definition) is 2. The largest absolute Gasteiger partial charge is 0.299 e. The van der Waals surface area contributed by atoms with E-state index in [9.17, 15) is 4.79 Å². The normalized spacial score (nSPS) is 9.30. The van der Waals surface area contributed by atoms with E-state index in [4.69, 9.17) is 5.26 Å². The molecule has 0 atom stereocenters. The van der Waals surface area contributed by atoms with Crippen LogP contribution in [0.2, 0.25) is 0 Å². The summed E-state index contributed by atoms with van der Waals surface area (Å²) >= 11 is 0. The minimum Gasteiger partial charge on any atom is -0.299 e. The zero-order chi connectivity index (χ0) is 7.72. The molecule has 0 aliphatic rings. The van der Waals surface area contributed by atoms with Gasteiger partial charge in [-0.2, -0.15) is 5.26 Å². The van der Waals surface area contributed by atoms with Crippen LogP contribution in [0.4, 0.5) is 0 Å². The van der Waals surface area contributed by atoms with Gasteiger partial charge in [-0.05, 0) is 6.92 Å². The molecule has 0 saturated heterocycles. The SMILES string of the molecule is Cc1[nH]n(C)c(=O)c1C#N. The maximum Gasteiger partial charge on any atom is 0.284 e. The molecule has 0 aliphatic carbocycles. The van der Waals surface area contributed by atoms with Crippen LogP contribution in [0.3, 0.4) is 0 Å². The van der Waals surface area contributed by atoms with E-state index < -0.39 is 0 Å². The van der Waals surface area contributed by atoms with Gasteiger partial charge in [0, 0.05) is 7.05 Å². The molecule has 0 fully saturated rings. The Morgan fingerprint density at radius 1 is 1.70 bits per heavy atom. The quantitative estimate of drug-likeness (QED) is 0.542. The molecule has 1 rings (SSSR count). The van der Waals surface area contributed by atoms with Crippen LogP contribution in [0.5, 0.6) is 0 Å². The average molecular weight is 137 g/mol. The van der Waals surface area contributed by atoms with Gasteiger partial charge in [-0.3, -0.25) is 14.6 Å². The van der Waals surface area contributed by atoms with E-state index in [2.05, 4.69) is 5.10 Å². The third kappa shape index (κ3) is 0.722. The van der Waals surface area contributed by atoms with Gasteiger partial charge in [-0.15, -0.1) is 0 Å². The van der Waals surface area contributed by atoms with Crippen molar-refractivity contribution < 1.29 is 0 Å². The second-order valence-corrected chi connectivity index (χ2v) is 2.09. The van der Waals surface area contributed by atoms with Crippen LogP contribution >= 0.6 is 0 Å². The third-order valence-electron chi connectivity index (χ3n) is 1.34. The molecule has 4 nitrogen and oxygen atoms in total. The number of nitrogens with zero attached hydrogens (tertiary/aromatic N) is 2. The fourth-order valence-electron chi connectivity index (χ4n) is 0.818. The molecule has 0 bridgehead atoms. The zero-order valence-electron chi connectivity index (χ0n) is 5.80. The first-order chi connectivity index (χ1) is 4.66. The molecule has 0 amide bonds. The van der Waals surface area contributed by atoms with Crippen LogP contribution in [0, 0.1) is 18.3 Å². The molecule has 0 aliphatic heterocycles. The van der Waals surface area contributed by atoms with Gasteiger partial charge in [0.05, 0.1) is 5.69 Å². The number of aromatic amines is 1. The molecule has 1 aromatic heterocycles. The second-order valence-electron chi connectivity index (χ2n) is 2.09. The Bertz CT molecular complexity index is 339. The summed E-state index contributed by atoms with van der Waals surface area (Å²) in [5.74, 6) is 0. The summed E-state index contributed by atoms with van der Waals surface area (Å²) in [6.45, 7) is 1.69. The smallest absolute Gasteiger partial charge is 0.284 e. The van der Waals surface area contributed by atoms with Crippen molar-refractivity contribution in [2.75, 3.05) is 0 Å². The first-order valence-corrected chi connectivity index (χ1v) is 2.82. The van der Waals surface area contributed by atoms with Crippen molar-refractivity contribution in [1.82, 2.24) is 9.78 Å². The summed E-state index contributed by atoms with van der Waals surface area (Å²) in [4.78, 5) is 10.9. The highest BCUT2D eigenvalue weighted by Crippen LogP contribution is 1.93. The minimum absolute atomic E-state index is 0.197. The van der Waals surface area contributed by atoms with Crippen LogP contribution in [0.15, 0.2) is 4.79 Å². The molecule has 52 valence electrons. The number of aromatic nitrogens is 2.